The van der Waals surface area contributed by atoms with Crippen molar-refractivity contribution in [1.29, 1.82) is 0 Å². The fraction of sp³-hybridized carbons (Fsp3) is 0.579. The van der Waals surface area contributed by atoms with Gasteiger partial charge in [0.1, 0.15) is 9.71 Å². The van der Waals surface area contributed by atoms with E-state index in [1.54, 1.807) is 14.0 Å². The molecule has 8 heteroatoms. The number of hydrogen-bond donors (Lipinski definition) is 1. The zero-order chi connectivity index (χ0) is 19.4. The third-order valence-electron chi connectivity index (χ3n) is 5.00. The van der Waals surface area contributed by atoms with Crippen molar-refractivity contribution in [2.45, 2.75) is 57.9 Å². The van der Waals surface area contributed by atoms with Gasteiger partial charge in [0.25, 0.3) is 11.5 Å². The van der Waals surface area contributed by atoms with Crippen LogP contribution in [0.2, 0.25) is 0 Å². The van der Waals surface area contributed by atoms with E-state index in [4.69, 9.17) is 4.74 Å². The Hall–Kier alpha value is -2.22. The topological polar surface area (TPSA) is 90.3 Å². The van der Waals surface area contributed by atoms with Crippen LogP contribution >= 0.6 is 11.3 Å². The summed E-state index contributed by atoms with van der Waals surface area (Å²) < 4.78 is 6.57. The molecule has 0 unspecified atom stereocenters. The summed E-state index contributed by atoms with van der Waals surface area (Å²) in [7, 11) is 1.61. The zero-order valence-electron chi connectivity index (χ0n) is 15.7. The summed E-state index contributed by atoms with van der Waals surface area (Å²) in [6, 6.07) is 0.162. The van der Waals surface area contributed by atoms with Crippen molar-refractivity contribution in [3.63, 3.8) is 0 Å². The van der Waals surface area contributed by atoms with Gasteiger partial charge in [-0.15, -0.1) is 11.3 Å². The lowest BCUT2D eigenvalue weighted by Gasteiger charge is -2.20. The van der Waals surface area contributed by atoms with Gasteiger partial charge in [0.2, 0.25) is 0 Å². The Kier molecular flexibility index (Phi) is 6.26. The van der Waals surface area contributed by atoms with E-state index in [2.05, 4.69) is 10.3 Å². The number of hydrogen-bond acceptors (Lipinski definition) is 6. The summed E-state index contributed by atoms with van der Waals surface area (Å²) in [5.74, 6) is -0.868. The van der Waals surface area contributed by atoms with Crippen molar-refractivity contribution in [2.75, 3.05) is 6.61 Å². The van der Waals surface area contributed by atoms with Gasteiger partial charge in [0.15, 0.2) is 6.61 Å². The molecule has 7 nitrogen and oxygen atoms in total. The van der Waals surface area contributed by atoms with E-state index in [1.165, 1.54) is 30.2 Å². The molecule has 0 aliphatic heterocycles. The van der Waals surface area contributed by atoms with Crippen LogP contribution in [0.1, 0.15) is 60.2 Å². The van der Waals surface area contributed by atoms with Gasteiger partial charge in [-0.25, -0.2) is 9.78 Å². The summed E-state index contributed by atoms with van der Waals surface area (Å²) in [4.78, 5) is 41.8. The van der Waals surface area contributed by atoms with Gasteiger partial charge in [-0.05, 0) is 25.3 Å². The van der Waals surface area contributed by atoms with E-state index in [1.807, 2.05) is 0 Å². The number of rotatable bonds is 4. The van der Waals surface area contributed by atoms with Gasteiger partial charge >= 0.3 is 5.97 Å². The Bertz CT molecular complexity index is 894. The van der Waals surface area contributed by atoms with Crippen LogP contribution in [-0.2, 0) is 16.6 Å². The summed E-state index contributed by atoms with van der Waals surface area (Å²) in [5.41, 5.74) is 0.351. The quantitative estimate of drug-likeness (QED) is 0.809. The van der Waals surface area contributed by atoms with Crippen LogP contribution in [0.15, 0.2) is 11.1 Å². The maximum absolute atomic E-state index is 12.4. The fourth-order valence-corrected chi connectivity index (χ4v) is 4.50. The summed E-state index contributed by atoms with van der Waals surface area (Å²) in [5, 5.41) is 3.40. The normalized spacial score (nSPS) is 15.9. The molecule has 2 heterocycles. The van der Waals surface area contributed by atoms with E-state index in [0.29, 0.717) is 20.7 Å². The number of aryl methyl sites for hydroxylation is 2. The van der Waals surface area contributed by atoms with Crippen LogP contribution in [0.5, 0.6) is 0 Å². The van der Waals surface area contributed by atoms with Crippen molar-refractivity contribution in [1.82, 2.24) is 14.9 Å². The number of fused-ring (bicyclic) bond motifs is 1. The molecule has 0 bridgehead atoms. The Morgan fingerprint density at radius 2 is 1.93 bits per heavy atom. The number of ether oxygens (including phenoxy) is 1. The van der Waals surface area contributed by atoms with E-state index in [-0.39, 0.29) is 24.1 Å². The Balaban J connectivity index is 1.61. The molecule has 0 spiro atoms. The lowest BCUT2D eigenvalue weighted by molar-refractivity contribution is -0.125. The smallest absolute Gasteiger partial charge is 0.349 e. The highest BCUT2D eigenvalue weighted by Crippen LogP contribution is 2.27. The van der Waals surface area contributed by atoms with Gasteiger partial charge in [-0.2, -0.15) is 0 Å². The average Bonchev–Trinajstić information content (AvgIpc) is 2.96. The third-order valence-corrected chi connectivity index (χ3v) is 6.18. The van der Waals surface area contributed by atoms with Crippen LogP contribution < -0.4 is 10.9 Å². The fourth-order valence-electron chi connectivity index (χ4n) is 3.47. The van der Waals surface area contributed by atoms with Gasteiger partial charge in [-0.3, -0.25) is 9.59 Å². The molecule has 1 aliphatic rings. The van der Waals surface area contributed by atoms with Crippen molar-refractivity contribution in [3.05, 3.63) is 27.1 Å². The molecule has 0 radical (unpaired) electrons. The van der Waals surface area contributed by atoms with Gasteiger partial charge in [0.05, 0.1) is 11.7 Å². The molecule has 1 saturated carbocycles. The first kappa shape index (κ1) is 19.5. The number of nitrogens with one attached hydrogen (secondary N) is 1. The number of thiophene rings is 1. The monoisotopic (exact) mass is 391 g/mol. The molecule has 1 N–H and O–H groups in total. The molecule has 0 aromatic carbocycles. The first-order chi connectivity index (χ1) is 13.0. The maximum Gasteiger partial charge on any atom is 0.349 e. The first-order valence-corrected chi connectivity index (χ1v) is 10.2. The molecule has 1 amide bonds. The minimum atomic E-state index is -0.592. The summed E-state index contributed by atoms with van der Waals surface area (Å²) in [6.07, 6.45) is 9.30. The van der Waals surface area contributed by atoms with Gasteiger partial charge in [-0.1, -0.05) is 32.1 Å². The average molecular weight is 391 g/mol. The number of amides is 1. The molecule has 2 aromatic rings. The molecule has 2 aromatic heterocycles. The van der Waals surface area contributed by atoms with Crippen molar-refractivity contribution >= 4 is 33.4 Å². The van der Waals surface area contributed by atoms with Crippen LogP contribution in [-0.4, -0.2) is 34.1 Å². The molecule has 0 atom stereocenters. The molecule has 3 rings (SSSR count). The predicted molar refractivity (Wildman–Crippen MR) is 104 cm³/mol. The highest BCUT2D eigenvalue weighted by molar-refractivity contribution is 7.20. The molecule has 1 fully saturated rings. The van der Waals surface area contributed by atoms with Crippen LogP contribution in [0.4, 0.5) is 0 Å². The van der Waals surface area contributed by atoms with E-state index in [0.717, 1.165) is 37.0 Å². The van der Waals surface area contributed by atoms with Crippen LogP contribution in [0.3, 0.4) is 0 Å². The van der Waals surface area contributed by atoms with Gasteiger partial charge in [0, 0.05) is 13.1 Å². The number of carbonyl (C=O) groups excluding carboxylic acids is 2. The minimum absolute atomic E-state index is 0.162. The van der Waals surface area contributed by atoms with Crippen molar-refractivity contribution in [3.8, 4) is 0 Å². The zero-order valence-corrected chi connectivity index (χ0v) is 16.6. The van der Waals surface area contributed by atoms with Crippen LogP contribution in [0, 0.1) is 6.92 Å². The Morgan fingerprint density at radius 3 is 2.63 bits per heavy atom. The number of aromatic nitrogens is 2. The van der Waals surface area contributed by atoms with Gasteiger partial charge < -0.3 is 14.6 Å². The molecule has 1 aliphatic carbocycles. The summed E-state index contributed by atoms with van der Waals surface area (Å²) in [6.45, 7) is 1.39. The van der Waals surface area contributed by atoms with Crippen molar-refractivity contribution in [2.24, 2.45) is 7.05 Å². The lowest BCUT2D eigenvalue weighted by Crippen LogP contribution is -2.38. The molecular formula is C19H25N3O4S. The lowest BCUT2D eigenvalue weighted by atomic mass is 9.97. The maximum atomic E-state index is 12.4. The highest BCUT2D eigenvalue weighted by atomic mass is 32.1. The Labute approximate surface area is 161 Å². The second-order valence-electron chi connectivity index (χ2n) is 7.08. The SMILES string of the molecule is Cc1c(C(=O)OCC(=O)NC2CCCCCCC2)sc2ncn(C)c(=O)c12. The van der Waals surface area contributed by atoms with E-state index >= 15 is 0 Å². The standard InChI is InChI=1S/C19H25N3O4S/c1-12-15-17(20-11-22(2)18(15)24)27-16(12)19(25)26-10-14(23)21-13-8-6-4-3-5-7-9-13/h11,13H,3-10H2,1-2H3,(H,21,23). The second kappa shape index (κ2) is 8.65. The molecular weight excluding hydrogens is 366 g/mol. The van der Waals surface area contributed by atoms with Crippen molar-refractivity contribution < 1.29 is 14.3 Å². The molecule has 146 valence electrons. The minimum Gasteiger partial charge on any atom is -0.451 e. The number of nitrogens with zero attached hydrogens (tertiary/aromatic N) is 2. The largest absolute Gasteiger partial charge is 0.451 e. The van der Waals surface area contributed by atoms with E-state index < -0.39 is 5.97 Å². The van der Waals surface area contributed by atoms with E-state index in [9.17, 15) is 14.4 Å². The highest BCUT2D eigenvalue weighted by Gasteiger charge is 2.21. The summed E-state index contributed by atoms with van der Waals surface area (Å²) >= 11 is 1.12. The predicted octanol–water partition coefficient (Wildman–Crippen LogP) is 2.69. The number of carbonyl (C=O) groups is 2. The molecule has 27 heavy (non-hydrogen) atoms. The third kappa shape index (κ3) is 4.55. The van der Waals surface area contributed by atoms with Crippen LogP contribution in [0.25, 0.3) is 10.2 Å². The first-order valence-electron chi connectivity index (χ1n) is 9.38. The second-order valence-corrected chi connectivity index (χ2v) is 8.08. The Morgan fingerprint density at radius 1 is 1.26 bits per heavy atom. The number of esters is 1. The molecule has 0 saturated heterocycles.